The number of hydrogen-bond acceptors (Lipinski definition) is 5. The molecule has 0 atom stereocenters. The largest absolute Gasteiger partial charge is 0.378 e. The van der Waals surface area contributed by atoms with E-state index in [0.29, 0.717) is 38.3 Å². The van der Waals surface area contributed by atoms with Crippen LogP contribution < -0.4 is 10.2 Å². The number of sulfonamides is 1. The number of carbonyl (C=O) groups excluding carboxylic acids is 1. The molecule has 7 nitrogen and oxygen atoms in total. The molecule has 1 aromatic rings. The third-order valence-corrected chi connectivity index (χ3v) is 5.46. The van der Waals surface area contributed by atoms with Crippen LogP contribution in [-0.2, 0) is 10.0 Å². The third kappa shape index (κ3) is 5.19. The third-order valence-electron chi connectivity index (χ3n) is 4.16. The first-order valence-corrected chi connectivity index (χ1v) is 9.85. The summed E-state index contributed by atoms with van der Waals surface area (Å²) in [4.78, 5) is 16.3. The molecule has 1 amide bonds. The molecule has 0 aromatic heterocycles. The van der Waals surface area contributed by atoms with E-state index in [1.165, 1.54) is 10.6 Å². The van der Waals surface area contributed by atoms with Crippen molar-refractivity contribution in [1.29, 1.82) is 0 Å². The lowest BCUT2D eigenvalue weighted by molar-refractivity contribution is 0.0945. The first-order chi connectivity index (χ1) is 11.3. The maximum absolute atomic E-state index is 12.1. The monoisotopic (exact) mass is 354 g/mol. The summed E-state index contributed by atoms with van der Waals surface area (Å²) in [6.07, 6.45) is 1.24. The molecular weight excluding hydrogens is 328 g/mol. The molecule has 134 valence electrons. The molecule has 1 aromatic carbocycles. The van der Waals surface area contributed by atoms with Gasteiger partial charge < -0.3 is 10.2 Å². The van der Waals surface area contributed by atoms with Crippen molar-refractivity contribution < 1.29 is 13.2 Å². The van der Waals surface area contributed by atoms with Crippen LogP contribution in [0.1, 0.15) is 10.4 Å². The molecule has 0 saturated carbocycles. The average Bonchev–Trinajstić information content (AvgIpc) is 2.54. The Morgan fingerprint density at radius 3 is 2.21 bits per heavy atom. The Balaban J connectivity index is 1.73. The number of rotatable bonds is 6. The number of nitrogens with one attached hydrogen (secondary N) is 1. The van der Waals surface area contributed by atoms with Gasteiger partial charge in [0.05, 0.1) is 6.26 Å². The van der Waals surface area contributed by atoms with E-state index < -0.39 is 10.0 Å². The van der Waals surface area contributed by atoms with Crippen molar-refractivity contribution in [3.8, 4) is 0 Å². The molecule has 8 heteroatoms. The molecule has 24 heavy (non-hydrogen) atoms. The minimum Gasteiger partial charge on any atom is -0.378 e. The molecule has 0 aliphatic carbocycles. The van der Waals surface area contributed by atoms with E-state index in [1.54, 1.807) is 0 Å². The van der Waals surface area contributed by atoms with Crippen molar-refractivity contribution in [3.63, 3.8) is 0 Å². The molecule has 1 saturated heterocycles. The van der Waals surface area contributed by atoms with E-state index in [0.717, 1.165) is 12.2 Å². The summed E-state index contributed by atoms with van der Waals surface area (Å²) in [6, 6.07) is 7.46. The van der Waals surface area contributed by atoms with Gasteiger partial charge in [0.15, 0.2) is 0 Å². The van der Waals surface area contributed by atoms with Crippen LogP contribution in [-0.4, -0.2) is 83.1 Å². The van der Waals surface area contributed by atoms with Gasteiger partial charge in [0.1, 0.15) is 0 Å². The smallest absolute Gasteiger partial charge is 0.251 e. The minimum absolute atomic E-state index is 0.0879. The number of carbonyl (C=O) groups is 1. The highest BCUT2D eigenvalue weighted by atomic mass is 32.2. The van der Waals surface area contributed by atoms with E-state index >= 15 is 0 Å². The van der Waals surface area contributed by atoms with Gasteiger partial charge >= 0.3 is 0 Å². The van der Waals surface area contributed by atoms with Gasteiger partial charge in [0.25, 0.3) is 5.91 Å². The fourth-order valence-corrected chi connectivity index (χ4v) is 3.45. The van der Waals surface area contributed by atoms with Crippen LogP contribution in [0.5, 0.6) is 0 Å². The van der Waals surface area contributed by atoms with Gasteiger partial charge in [-0.1, -0.05) is 0 Å². The van der Waals surface area contributed by atoms with Crippen molar-refractivity contribution in [2.75, 3.05) is 64.5 Å². The summed E-state index contributed by atoms with van der Waals surface area (Å²) in [7, 11) is 0.818. The average molecular weight is 354 g/mol. The first kappa shape index (κ1) is 18.7. The quantitative estimate of drug-likeness (QED) is 0.782. The fourth-order valence-electron chi connectivity index (χ4n) is 2.63. The van der Waals surface area contributed by atoms with E-state index in [-0.39, 0.29) is 5.91 Å². The van der Waals surface area contributed by atoms with Gasteiger partial charge in [-0.2, -0.15) is 4.31 Å². The van der Waals surface area contributed by atoms with Crippen molar-refractivity contribution in [2.24, 2.45) is 0 Å². The number of anilines is 1. The van der Waals surface area contributed by atoms with Gasteiger partial charge in [-0.05, 0) is 24.3 Å². The number of nitrogens with zero attached hydrogens (tertiary/aromatic N) is 3. The van der Waals surface area contributed by atoms with E-state index in [9.17, 15) is 13.2 Å². The lowest BCUT2D eigenvalue weighted by atomic mass is 10.2. The second kappa shape index (κ2) is 7.96. The molecule has 1 N–H and O–H groups in total. The maximum Gasteiger partial charge on any atom is 0.251 e. The normalized spacial score (nSPS) is 16.8. The Morgan fingerprint density at radius 2 is 1.71 bits per heavy atom. The molecule has 1 aliphatic rings. The minimum atomic E-state index is -3.10. The van der Waals surface area contributed by atoms with Crippen molar-refractivity contribution >= 4 is 21.6 Å². The summed E-state index contributed by atoms with van der Waals surface area (Å²) in [5.74, 6) is -0.0879. The number of piperazine rings is 1. The van der Waals surface area contributed by atoms with Crippen LogP contribution in [0.4, 0.5) is 5.69 Å². The second-order valence-electron chi connectivity index (χ2n) is 6.20. The fraction of sp³-hybridized carbons (Fsp3) is 0.562. The van der Waals surface area contributed by atoms with Gasteiger partial charge in [-0.3, -0.25) is 9.69 Å². The van der Waals surface area contributed by atoms with Gasteiger partial charge in [-0.15, -0.1) is 0 Å². The molecule has 1 fully saturated rings. The lowest BCUT2D eigenvalue weighted by Crippen LogP contribution is -2.49. The number of amides is 1. The van der Waals surface area contributed by atoms with Gasteiger partial charge in [-0.25, -0.2) is 8.42 Å². The van der Waals surface area contributed by atoms with Crippen LogP contribution in [0, 0.1) is 0 Å². The molecule has 0 radical (unpaired) electrons. The maximum atomic E-state index is 12.1. The molecule has 0 spiro atoms. The molecule has 0 unspecified atom stereocenters. The van der Waals surface area contributed by atoms with Crippen LogP contribution in [0.15, 0.2) is 24.3 Å². The van der Waals surface area contributed by atoms with E-state index in [4.69, 9.17) is 0 Å². The Hall–Kier alpha value is -1.64. The van der Waals surface area contributed by atoms with Crippen LogP contribution in [0.25, 0.3) is 0 Å². The highest BCUT2D eigenvalue weighted by Gasteiger charge is 2.22. The highest BCUT2D eigenvalue weighted by molar-refractivity contribution is 7.88. The standard InChI is InChI=1S/C16H26N4O3S/c1-18(2)15-6-4-14(5-7-15)16(21)17-8-9-19-10-12-20(13-11-19)24(3,22)23/h4-7H,8-13H2,1-3H3,(H,17,21). The summed E-state index contributed by atoms with van der Waals surface area (Å²) in [5, 5.41) is 2.91. The van der Waals surface area contributed by atoms with Gasteiger partial charge in [0, 0.05) is 64.6 Å². The molecule has 1 heterocycles. The predicted octanol–water partition coefficient (Wildman–Crippen LogP) is 0.0596. The van der Waals surface area contributed by atoms with Gasteiger partial charge in [0.2, 0.25) is 10.0 Å². The molecular formula is C16H26N4O3S. The van der Waals surface area contributed by atoms with Crippen LogP contribution >= 0.6 is 0 Å². The van der Waals surface area contributed by atoms with E-state index in [2.05, 4.69) is 10.2 Å². The summed E-state index contributed by atoms with van der Waals surface area (Å²) in [6.45, 7) is 3.69. The van der Waals surface area contributed by atoms with E-state index in [1.807, 2.05) is 43.3 Å². The molecule has 2 rings (SSSR count). The lowest BCUT2D eigenvalue weighted by Gasteiger charge is -2.33. The number of hydrogen-bond donors (Lipinski definition) is 1. The van der Waals surface area contributed by atoms with Crippen molar-refractivity contribution in [1.82, 2.24) is 14.5 Å². The second-order valence-corrected chi connectivity index (χ2v) is 8.18. The Morgan fingerprint density at radius 1 is 1.12 bits per heavy atom. The molecule has 0 bridgehead atoms. The van der Waals surface area contributed by atoms with Crippen molar-refractivity contribution in [3.05, 3.63) is 29.8 Å². The van der Waals surface area contributed by atoms with Crippen molar-refractivity contribution in [2.45, 2.75) is 0 Å². The topological polar surface area (TPSA) is 73.0 Å². The Labute approximate surface area is 144 Å². The zero-order valence-corrected chi connectivity index (χ0v) is 15.3. The van der Waals surface area contributed by atoms with Crippen LogP contribution in [0.2, 0.25) is 0 Å². The SMILES string of the molecule is CN(C)c1ccc(C(=O)NCCN2CCN(S(C)(=O)=O)CC2)cc1. The predicted molar refractivity (Wildman–Crippen MR) is 96.0 cm³/mol. The first-order valence-electron chi connectivity index (χ1n) is 8.00. The zero-order valence-electron chi connectivity index (χ0n) is 14.5. The summed E-state index contributed by atoms with van der Waals surface area (Å²) >= 11 is 0. The summed E-state index contributed by atoms with van der Waals surface area (Å²) < 4.78 is 24.4. The number of benzene rings is 1. The Kier molecular flexibility index (Phi) is 6.20. The highest BCUT2D eigenvalue weighted by Crippen LogP contribution is 2.12. The summed E-state index contributed by atoms with van der Waals surface area (Å²) in [5.41, 5.74) is 1.69. The molecule has 1 aliphatic heterocycles. The van der Waals surface area contributed by atoms with Crippen LogP contribution in [0.3, 0.4) is 0 Å². The Bertz CT molecular complexity index is 650. The zero-order chi connectivity index (χ0) is 17.7.